The van der Waals surface area contributed by atoms with Gasteiger partial charge in [-0.3, -0.25) is 0 Å². The van der Waals surface area contributed by atoms with E-state index in [1.54, 1.807) is 6.08 Å². The highest BCUT2D eigenvalue weighted by Crippen LogP contribution is 2.46. The monoisotopic (exact) mass is 343 g/mol. The lowest BCUT2D eigenvalue weighted by atomic mass is 9.89. The normalized spacial score (nSPS) is 35.4. The van der Waals surface area contributed by atoms with Crippen molar-refractivity contribution in [1.82, 2.24) is 4.90 Å². The fourth-order valence-electron chi connectivity index (χ4n) is 5.23. The van der Waals surface area contributed by atoms with Crippen LogP contribution in [0.25, 0.3) is 0 Å². The number of hydrogen-bond acceptors (Lipinski definition) is 2. The molecular formula is C22H30FNO. The molecule has 2 atom stereocenters. The second-order valence-electron chi connectivity index (χ2n) is 8.54. The third-order valence-electron chi connectivity index (χ3n) is 6.48. The average Bonchev–Trinajstić information content (AvgIpc) is 3.09. The van der Waals surface area contributed by atoms with Crippen molar-refractivity contribution in [2.45, 2.75) is 57.0 Å². The number of hydrogen-bond donors (Lipinski definition) is 1. The summed E-state index contributed by atoms with van der Waals surface area (Å²) in [6.07, 6.45) is 17.9. The van der Waals surface area contributed by atoms with Crippen LogP contribution in [0.1, 0.15) is 51.4 Å². The SMILES string of the molecule is OC1(CC2=CCCC=C2)CC2CN(CCC3=CC=C(F)CC3)CC2C1. The van der Waals surface area contributed by atoms with E-state index < -0.39 is 5.60 Å². The van der Waals surface area contributed by atoms with E-state index in [-0.39, 0.29) is 5.83 Å². The minimum atomic E-state index is -0.483. The van der Waals surface area contributed by atoms with E-state index in [1.807, 2.05) is 6.08 Å². The van der Waals surface area contributed by atoms with Gasteiger partial charge in [-0.05, 0) is 62.0 Å². The first-order valence-electron chi connectivity index (χ1n) is 9.94. The highest BCUT2D eigenvalue weighted by atomic mass is 19.1. The summed E-state index contributed by atoms with van der Waals surface area (Å²) in [7, 11) is 0. The van der Waals surface area contributed by atoms with E-state index in [0.717, 1.165) is 64.6 Å². The van der Waals surface area contributed by atoms with Gasteiger partial charge in [0, 0.05) is 32.5 Å². The summed E-state index contributed by atoms with van der Waals surface area (Å²) in [5.74, 6) is 1.31. The van der Waals surface area contributed by atoms with Crippen molar-refractivity contribution < 1.29 is 9.50 Å². The van der Waals surface area contributed by atoms with Crippen LogP contribution in [0.4, 0.5) is 4.39 Å². The molecule has 0 aromatic heterocycles. The highest BCUT2D eigenvalue weighted by molar-refractivity contribution is 5.25. The topological polar surface area (TPSA) is 23.5 Å². The molecule has 1 saturated heterocycles. The van der Waals surface area contributed by atoms with E-state index in [2.05, 4.69) is 23.1 Å². The molecule has 0 amide bonds. The van der Waals surface area contributed by atoms with Crippen LogP contribution in [0.3, 0.4) is 0 Å². The maximum atomic E-state index is 13.1. The molecule has 3 heteroatoms. The van der Waals surface area contributed by atoms with Crippen LogP contribution in [0, 0.1) is 11.8 Å². The molecule has 0 bridgehead atoms. The predicted octanol–water partition coefficient (Wildman–Crippen LogP) is 4.69. The van der Waals surface area contributed by atoms with Gasteiger partial charge in [0.1, 0.15) is 5.83 Å². The van der Waals surface area contributed by atoms with Gasteiger partial charge in [0.05, 0.1) is 5.60 Å². The Balaban J connectivity index is 1.26. The van der Waals surface area contributed by atoms with E-state index in [0.29, 0.717) is 18.3 Å². The van der Waals surface area contributed by atoms with Gasteiger partial charge in [-0.1, -0.05) is 29.9 Å². The van der Waals surface area contributed by atoms with Gasteiger partial charge in [0.25, 0.3) is 0 Å². The number of fused-ring (bicyclic) bond motifs is 1. The molecule has 0 aromatic rings. The van der Waals surface area contributed by atoms with E-state index in [9.17, 15) is 9.50 Å². The number of rotatable bonds is 5. The van der Waals surface area contributed by atoms with Crippen LogP contribution in [0.2, 0.25) is 0 Å². The Kier molecular flexibility index (Phi) is 4.97. The molecular weight excluding hydrogens is 313 g/mol. The molecule has 25 heavy (non-hydrogen) atoms. The van der Waals surface area contributed by atoms with Crippen LogP contribution in [0.15, 0.2) is 47.4 Å². The lowest BCUT2D eigenvalue weighted by Gasteiger charge is -2.27. The summed E-state index contributed by atoms with van der Waals surface area (Å²) >= 11 is 0. The fourth-order valence-corrected chi connectivity index (χ4v) is 5.23. The molecule has 1 N–H and O–H groups in total. The molecule has 0 spiro atoms. The Labute approximate surface area is 150 Å². The van der Waals surface area contributed by atoms with Crippen molar-refractivity contribution in [1.29, 1.82) is 0 Å². The molecule has 136 valence electrons. The molecule has 4 rings (SSSR count). The molecule has 0 radical (unpaired) electrons. The lowest BCUT2D eigenvalue weighted by molar-refractivity contribution is 0.0362. The summed E-state index contributed by atoms with van der Waals surface area (Å²) in [5.41, 5.74) is 2.23. The summed E-state index contributed by atoms with van der Waals surface area (Å²) in [6, 6.07) is 0. The Hall–Kier alpha value is -1.19. The Morgan fingerprint density at radius 3 is 2.56 bits per heavy atom. The zero-order valence-electron chi connectivity index (χ0n) is 15.1. The number of likely N-dealkylation sites (tertiary alicyclic amines) is 1. The molecule has 1 saturated carbocycles. The second-order valence-corrected chi connectivity index (χ2v) is 8.54. The number of allylic oxidation sites excluding steroid dienone is 6. The Bertz CT molecular complexity index is 616. The number of halogens is 1. The van der Waals surface area contributed by atoms with Crippen LogP contribution in [-0.4, -0.2) is 35.2 Å². The molecule has 2 unspecified atom stereocenters. The number of nitrogens with zero attached hydrogens (tertiary/aromatic N) is 1. The van der Waals surface area contributed by atoms with Crippen LogP contribution in [-0.2, 0) is 0 Å². The molecule has 1 heterocycles. The van der Waals surface area contributed by atoms with Crippen LogP contribution >= 0.6 is 0 Å². The van der Waals surface area contributed by atoms with Crippen molar-refractivity contribution >= 4 is 0 Å². The van der Waals surface area contributed by atoms with Gasteiger partial charge in [-0.2, -0.15) is 0 Å². The van der Waals surface area contributed by atoms with Gasteiger partial charge in [0.2, 0.25) is 0 Å². The van der Waals surface area contributed by atoms with Gasteiger partial charge < -0.3 is 10.0 Å². The van der Waals surface area contributed by atoms with Crippen LogP contribution < -0.4 is 0 Å². The van der Waals surface area contributed by atoms with Crippen molar-refractivity contribution in [2.24, 2.45) is 11.8 Å². The van der Waals surface area contributed by atoms with E-state index in [4.69, 9.17) is 0 Å². The summed E-state index contributed by atoms with van der Waals surface area (Å²) in [4.78, 5) is 2.56. The Morgan fingerprint density at radius 2 is 1.92 bits per heavy atom. The zero-order valence-corrected chi connectivity index (χ0v) is 15.1. The highest BCUT2D eigenvalue weighted by Gasteiger charge is 2.47. The first-order chi connectivity index (χ1) is 12.1. The molecule has 3 aliphatic carbocycles. The molecule has 4 aliphatic rings. The smallest absolute Gasteiger partial charge is 0.100 e. The van der Waals surface area contributed by atoms with Crippen molar-refractivity contribution in [3.8, 4) is 0 Å². The first-order valence-corrected chi connectivity index (χ1v) is 9.94. The standard InChI is InChI=1S/C22H30FNO/c23-21-8-6-17(7-9-21)10-11-24-15-19-13-22(25,14-20(19)16-24)12-18-4-2-1-3-5-18/h2,4-6,8,19-20,25H,1,3,7,9-16H2. The average molecular weight is 343 g/mol. The Morgan fingerprint density at radius 1 is 1.12 bits per heavy atom. The summed E-state index contributed by atoms with van der Waals surface area (Å²) < 4.78 is 13.1. The first kappa shape index (κ1) is 17.2. The maximum Gasteiger partial charge on any atom is 0.100 e. The molecule has 2 nitrogen and oxygen atoms in total. The number of aliphatic hydroxyl groups is 1. The quantitative estimate of drug-likeness (QED) is 0.783. The van der Waals surface area contributed by atoms with Gasteiger partial charge in [0.15, 0.2) is 0 Å². The summed E-state index contributed by atoms with van der Waals surface area (Å²) in [6.45, 7) is 3.33. The van der Waals surface area contributed by atoms with Crippen LogP contribution in [0.5, 0.6) is 0 Å². The second kappa shape index (κ2) is 7.20. The maximum absolute atomic E-state index is 13.1. The van der Waals surface area contributed by atoms with E-state index >= 15 is 0 Å². The van der Waals surface area contributed by atoms with Crippen molar-refractivity contribution in [3.05, 3.63) is 47.4 Å². The zero-order chi connectivity index (χ0) is 17.3. The van der Waals surface area contributed by atoms with Gasteiger partial charge in [-0.15, -0.1) is 0 Å². The molecule has 1 aliphatic heterocycles. The molecule has 2 fully saturated rings. The van der Waals surface area contributed by atoms with Crippen molar-refractivity contribution in [2.75, 3.05) is 19.6 Å². The third kappa shape index (κ3) is 4.15. The van der Waals surface area contributed by atoms with Gasteiger partial charge in [-0.25, -0.2) is 4.39 Å². The van der Waals surface area contributed by atoms with Crippen molar-refractivity contribution in [3.63, 3.8) is 0 Å². The van der Waals surface area contributed by atoms with Gasteiger partial charge >= 0.3 is 0 Å². The predicted molar refractivity (Wildman–Crippen MR) is 99.8 cm³/mol. The summed E-state index contributed by atoms with van der Waals surface area (Å²) in [5, 5.41) is 11.0. The molecule has 0 aromatic carbocycles. The van der Waals surface area contributed by atoms with E-state index in [1.165, 1.54) is 11.1 Å². The lowest BCUT2D eigenvalue weighted by Crippen LogP contribution is -2.31. The minimum Gasteiger partial charge on any atom is -0.390 e. The fraction of sp³-hybridized carbons (Fsp3) is 0.636. The minimum absolute atomic E-state index is 0.0154. The third-order valence-corrected chi connectivity index (χ3v) is 6.48. The largest absolute Gasteiger partial charge is 0.390 e.